The molecule has 0 aliphatic carbocycles. The number of carbonyl (C=O) groups is 1. The van der Waals surface area contributed by atoms with Crippen LogP contribution in [-0.4, -0.2) is 62.7 Å². The van der Waals surface area contributed by atoms with E-state index in [0.717, 1.165) is 38.5 Å². The van der Waals surface area contributed by atoms with Crippen LogP contribution in [0.15, 0.2) is 24.3 Å². The number of piperidine rings is 1. The van der Waals surface area contributed by atoms with Crippen LogP contribution in [0, 0.1) is 5.92 Å². The third-order valence-corrected chi connectivity index (χ3v) is 5.05. The SMILES string of the molecule is COCCC(=O)N(C)C[C@H]1CCCN(CCc2cccc(C(F)(F)F)c2)C1. The third-order valence-electron chi connectivity index (χ3n) is 5.05. The fraction of sp³-hybridized carbons (Fsp3) is 0.650. The van der Waals surface area contributed by atoms with Gasteiger partial charge in [0.05, 0.1) is 18.6 Å². The van der Waals surface area contributed by atoms with E-state index in [1.807, 2.05) is 7.05 Å². The first kappa shape index (κ1) is 21.7. The van der Waals surface area contributed by atoms with Gasteiger partial charge in [-0.25, -0.2) is 0 Å². The Bertz CT molecular complexity index is 607. The minimum atomic E-state index is -4.30. The molecule has 7 heteroatoms. The Morgan fingerprint density at radius 2 is 2.15 bits per heavy atom. The van der Waals surface area contributed by atoms with Crippen molar-refractivity contribution in [3.8, 4) is 0 Å². The fourth-order valence-corrected chi connectivity index (χ4v) is 3.56. The second-order valence-corrected chi connectivity index (χ2v) is 7.27. The highest BCUT2D eigenvalue weighted by molar-refractivity contribution is 5.75. The summed E-state index contributed by atoms with van der Waals surface area (Å²) in [6.07, 6.45) is -1.19. The smallest absolute Gasteiger partial charge is 0.384 e. The molecule has 27 heavy (non-hydrogen) atoms. The zero-order valence-corrected chi connectivity index (χ0v) is 16.1. The van der Waals surface area contributed by atoms with E-state index in [1.54, 1.807) is 18.1 Å². The topological polar surface area (TPSA) is 32.8 Å². The van der Waals surface area contributed by atoms with Crippen molar-refractivity contribution in [1.82, 2.24) is 9.80 Å². The van der Waals surface area contributed by atoms with Gasteiger partial charge in [-0.15, -0.1) is 0 Å². The summed E-state index contributed by atoms with van der Waals surface area (Å²) in [5.74, 6) is 0.481. The van der Waals surface area contributed by atoms with Crippen molar-refractivity contribution in [2.45, 2.75) is 31.9 Å². The average Bonchev–Trinajstić information content (AvgIpc) is 2.64. The first-order valence-electron chi connectivity index (χ1n) is 9.41. The highest BCUT2D eigenvalue weighted by Crippen LogP contribution is 2.29. The molecule has 4 nitrogen and oxygen atoms in total. The van der Waals surface area contributed by atoms with Crippen LogP contribution in [0.2, 0.25) is 0 Å². The normalized spacial score (nSPS) is 18.5. The largest absolute Gasteiger partial charge is 0.416 e. The van der Waals surface area contributed by atoms with E-state index in [9.17, 15) is 18.0 Å². The van der Waals surface area contributed by atoms with Crippen molar-refractivity contribution in [1.29, 1.82) is 0 Å². The second-order valence-electron chi connectivity index (χ2n) is 7.27. The van der Waals surface area contributed by atoms with Crippen LogP contribution >= 0.6 is 0 Å². The number of hydrogen-bond acceptors (Lipinski definition) is 3. The number of methoxy groups -OCH3 is 1. The molecule has 0 saturated carbocycles. The molecular formula is C20H29F3N2O2. The van der Waals surface area contributed by atoms with Crippen molar-refractivity contribution >= 4 is 5.91 Å². The number of rotatable bonds is 8. The first-order chi connectivity index (χ1) is 12.8. The summed E-state index contributed by atoms with van der Waals surface area (Å²) in [4.78, 5) is 16.1. The van der Waals surface area contributed by atoms with Crippen molar-refractivity contribution in [2.75, 3.05) is 46.9 Å². The van der Waals surface area contributed by atoms with Crippen LogP contribution < -0.4 is 0 Å². The van der Waals surface area contributed by atoms with Crippen molar-refractivity contribution < 1.29 is 22.7 Å². The lowest BCUT2D eigenvalue weighted by Crippen LogP contribution is -2.42. The summed E-state index contributed by atoms with van der Waals surface area (Å²) >= 11 is 0. The number of hydrogen-bond donors (Lipinski definition) is 0. The predicted octanol–water partition coefficient (Wildman–Crippen LogP) is 3.45. The summed E-state index contributed by atoms with van der Waals surface area (Å²) in [7, 11) is 3.40. The molecule has 0 N–H and O–H groups in total. The Kier molecular flexibility index (Phi) is 8.10. The monoisotopic (exact) mass is 386 g/mol. The van der Waals surface area contributed by atoms with E-state index in [1.165, 1.54) is 12.1 Å². The van der Waals surface area contributed by atoms with Gasteiger partial charge in [-0.2, -0.15) is 13.2 Å². The van der Waals surface area contributed by atoms with Crippen molar-refractivity contribution in [3.05, 3.63) is 35.4 Å². The number of halogens is 3. The maximum absolute atomic E-state index is 12.8. The molecule has 1 fully saturated rings. The third kappa shape index (κ3) is 7.14. The Balaban J connectivity index is 1.82. The summed E-state index contributed by atoms with van der Waals surface area (Å²) < 4.78 is 43.4. The molecule has 0 spiro atoms. The van der Waals surface area contributed by atoms with Crippen LogP contribution in [0.5, 0.6) is 0 Å². The molecule has 1 aliphatic rings. The Morgan fingerprint density at radius 3 is 2.85 bits per heavy atom. The molecule has 152 valence electrons. The number of nitrogens with zero attached hydrogens (tertiary/aromatic N) is 2. The molecule has 1 amide bonds. The molecule has 1 saturated heterocycles. The minimum absolute atomic E-state index is 0.0814. The average molecular weight is 386 g/mol. The molecule has 0 aromatic heterocycles. The van der Waals surface area contributed by atoms with Crippen LogP contribution in [-0.2, 0) is 22.1 Å². The van der Waals surface area contributed by atoms with E-state index in [4.69, 9.17) is 4.74 Å². The molecule has 1 aromatic rings. The quantitative estimate of drug-likeness (QED) is 0.686. The molecule has 2 rings (SSSR count). The van der Waals surface area contributed by atoms with Gasteiger partial charge in [0.25, 0.3) is 0 Å². The van der Waals surface area contributed by atoms with Crippen LogP contribution in [0.25, 0.3) is 0 Å². The zero-order valence-electron chi connectivity index (χ0n) is 16.1. The van der Waals surface area contributed by atoms with Crippen LogP contribution in [0.1, 0.15) is 30.4 Å². The van der Waals surface area contributed by atoms with Gasteiger partial charge < -0.3 is 14.5 Å². The number of ether oxygens (including phenoxy) is 1. The summed E-state index contributed by atoms with van der Waals surface area (Å²) in [5, 5.41) is 0. The van der Waals surface area contributed by atoms with Crippen molar-refractivity contribution in [2.24, 2.45) is 5.92 Å². The molecule has 0 unspecified atom stereocenters. The second kappa shape index (κ2) is 10.1. The maximum atomic E-state index is 12.8. The summed E-state index contributed by atoms with van der Waals surface area (Å²) in [5.41, 5.74) is 0.117. The molecule has 1 heterocycles. The first-order valence-corrected chi connectivity index (χ1v) is 9.41. The molecule has 0 radical (unpaired) electrons. The summed E-state index contributed by atoms with van der Waals surface area (Å²) in [6.45, 7) is 3.70. The summed E-state index contributed by atoms with van der Waals surface area (Å²) in [6, 6.07) is 5.57. The molecule has 1 aromatic carbocycles. The van der Waals surface area contributed by atoms with E-state index >= 15 is 0 Å². The van der Waals surface area contributed by atoms with E-state index in [-0.39, 0.29) is 5.91 Å². The number of alkyl halides is 3. The number of amides is 1. The van der Waals surface area contributed by atoms with Gasteiger partial charge >= 0.3 is 6.18 Å². The van der Waals surface area contributed by atoms with E-state index in [2.05, 4.69) is 4.90 Å². The van der Waals surface area contributed by atoms with Gasteiger partial charge in [0.15, 0.2) is 0 Å². The van der Waals surface area contributed by atoms with Crippen LogP contribution in [0.3, 0.4) is 0 Å². The Hall–Kier alpha value is -1.60. The molecule has 1 aliphatic heterocycles. The van der Waals surface area contributed by atoms with Gasteiger partial charge in [0, 0.05) is 33.8 Å². The highest BCUT2D eigenvalue weighted by Gasteiger charge is 2.30. The standard InChI is InChI=1S/C20H29F3N2O2/c1-24(19(26)9-12-27-2)14-17-6-4-10-25(15-17)11-8-16-5-3-7-18(13-16)20(21,22)23/h3,5,7,13,17H,4,6,8-12,14-15H2,1-2H3/t17-/m1/s1. The fourth-order valence-electron chi connectivity index (χ4n) is 3.56. The van der Waals surface area contributed by atoms with Gasteiger partial charge in [-0.1, -0.05) is 18.2 Å². The zero-order chi connectivity index (χ0) is 19.9. The molecule has 1 atom stereocenters. The van der Waals surface area contributed by atoms with Crippen LogP contribution in [0.4, 0.5) is 13.2 Å². The lowest BCUT2D eigenvalue weighted by atomic mass is 9.97. The maximum Gasteiger partial charge on any atom is 0.416 e. The highest BCUT2D eigenvalue weighted by atomic mass is 19.4. The lowest BCUT2D eigenvalue weighted by Gasteiger charge is -2.34. The minimum Gasteiger partial charge on any atom is -0.384 e. The molecule has 0 bridgehead atoms. The number of likely N-dealkylation sites (tertiary alicyclic amines) is 1. The Morgan fingerprint density at radius 1 is 1.37 bits per heavy atom. The van der Waals surface area contributed by atoms with Gasteiger partial charge in [0.1, 0.15) is 0 Å². The van der Waals surface area contributed by atoms with Crippen molar-refractivity contribution in [3.63, 3.8) is 0 Å². The van der Waals surface area contributed by atoms with E-state index in [0.29, 0.717) is 37.5 Å². The number of carbonyl (C=O) groups excluding carboxylic acids is 1. The predicted molar refractivity (Wildman–Crippen MR) is 98.4 cm³/mol. The Labute approximate surface area is 159 Å². The van der Waals surface area contributed by atoms with E-state index < -0.39 is 11.7 Å². The number of benzene rings is 1. The van der Waals surface area contributed by atoms with Gasteiger partial charge in [0.2, 0.25) is 5.91 Å². The molecular weight excluding hydrogens is 357 g/mol. The lowest BCUT2D eigenvalue weighted by molar-refractivity contribution is -0.137. The van der Waals surface area contributed by atoms with Gasteiger partial charge in [-0.05, 0) is 43.4 Å². The van der Waals surface area contributed by atoms with Gasteiger partial charge in [-0.3, -0.25) is 4.79 Å².